The van der Waals surface area contributed by atoms with Crippen LogP contribution in [0.25, 0.3) is 0 Å². The molecule has 25 heavy (non-hydrogen) atoms. The molecule has 0 spiro atoms. The van der Waals surface area contributed by atoms with Gasteiger partial charge in [0.05, 0.1) is 11.1 Å². The first-order chi connectivity index (χ1) is 11.5. The van der Waals surface area contributed by atoms with Crippen molar-refractivity contribution in [3.63, 3.8) is 0 Å². The molecule has 0 fully saturated rings. The van der Waals surface area contributed by atoms with Gasteiger partial charge in [-0.1, -0.05) is 6.58 Å². The highest BCUT2D eigenvalue weighted by atomic mass is 19.4. The van der Waals surface area contributed by atoms with Gasteiger partial charge in [-0.3, -0.25) is 4.79 Å². The van der Waals surface area contributed by atoms with Gasteiger partial charge in [0.15, 0.2) is 0 Å². The monoisotopic (exact) mass is 360 g/mol. The number of hydrogen-bond donors (Lipinski definition) is 0. The van der Waals surface area contributed by atoms with Gasteiger partial charge >= 0.3 is 24.1 Å². The lowest BCUT2D eigenvalue weighted by Gasteiger charge is -2.13. The highest BCUT2D eigenvalue weighted by molar-refractivity contribution is 5.90. The van der Waals surface area contributed by atoms with Gasteiger partial charge in [0.25, 0.3) is 0 Å². The standard InChI is InChI=1S/C16H15F3O6/c1-9(2)14(21)23-6-7-24-15(22)11-4-5-12(16(17,18)19)13(8-11)25-10(3)20/h4-5,8H,1,6-7H2,2-3H3. The van der Waals surface area contributed by atoms with E-state index in [1.165, 1.54) is 6.92 Å². The molecule has 0 amide bonds. The molecule has 0 N–H and O–H groups in total. The molecule has 0 unspecified atom stereocenters. The van der Waals surface area contributed by atoms with E-state index >= 15 is 0 Å². The Balaban J connectivity index is 2.80. The summed E-state index contributed by atoms with van der Waals surface area (Å²) in [6, 6.07) is 2.25. The van der Waals surface area contributed by atoms with Gasteiger partial charge in [0.2, 0.25) is 0 Å². The number of hydrogen-bond acceptors (Lipinski definition) is 6. The fraction of sp³-hybridized carbons (Fsp3) is 0.312. The highest BCUT2D eigenvalue weighted by Gasteiger charge is 2.35. The third kappa shape index (κ3) is 6.28. The van der Waals surface area contributed by atoms with E-state index in [1.54, 1.807) is 0 Å². The molecule has 136 valence electrons. The number of esters is 3. The third-order valence-corrected chi connectivity index (χ3v) is 2.67. The molecule has 0 aliphatic rings. The van der Waals surface area contributed by atoms with E-state index in [1.807, 2.05) is 0 Å². The molecule has 0 saturated heterocycles. The summed E-state index contributed by atoms with van der Waals surface area (Å²) < 4.78 is 52.5. The van der Waals surface area contributed by atoms with Crippen molar-refractivity contribution in [3.8, 4) is 5.75 Å². The van der Waals surface area contributed by atoms with Crippen LogP contribution < -0.4 is 4.74 Å². The molecule has 1 aromatic carbocycles. The van der Waals surface area contributed by atoms with Crippen molar-refractivity contribution in [2.75, 3.05) is 13.2 Å². The number of benzene rings is 1. The Morgan fingerprint density at radius 1 is 1.08 bits per heavy atom. The van der Waals surface area contributed by atoms with Gasteiger partial charge in [-0.15, -0.1) is 0 Å². The Bertz CT molecular complexity index is 694. The molecule has 0 aliphatic heterocycles. The zero-order valence-corrected chi connectivity index (χ0v) is 13.4. The Kier molecular flexibility index (Phi) is 6.72. The van der Waals surface area contributed by atoms with E-state index in [-0.39, 0.29) is 24.4 Å². The maximum absolute atomic E-state index is 12.9. The quantitative estimate of drug-likeness (QED) is 0.336. The Hall–Kier alpha value is -2.84. The lowest BCUT2D eigenvalue weighted by Crippen LogP contribution is -2.16. The van der Waals surface area contributed by atoms with Crippen LogP contribution in [0.2, 0.25) is 0 Å². The molecule has 9 heteroatoms. The van der Waals surface area contributed by atoms with E-state index in [0.29, 0.717) is 6.07 Å². The maximum atomic E-state index is 12.9. The minimum Gasteiger partial charge on any atom is -0.459 e. The van der Waals surface area contributed by atoms with Gasteiger partial charge in [-0.05, 0) is 25.1 Å². The zero-order chi connectivity index (χ0) is 19.2. The minimum atomic E-state index is -4.76. The molecular formula is C16H15F3O6. The van der Waals surface area contributed by atoms with Crippen LogP contribution >= 0.6 is 0 Å². The maximum Gasteiger partial charge on any atom is 0.419 e. The van der Waals surface area contributed by atoms with Crippen molar-refractivity contribution in [1.29, 1.82) is 0 Å². The van der Waals surface area contributed by atoms with Crippen LogP contribution in [0.15, 0.2) is 30.4 Å². The van der Waals surface area contributed by atoms with Crippen molar-refractivity contribution in [2.24, 2.45) is 0 Å². The van der Waals surface area contributed by atoms with Crippen LogP contribution in [0, 0.1) is 0 Å². The number of alkyl halides is 3. The van der Waals surface area contributed by atoms with Crippen LogP contribution in [0.4, 0.5) is 13.2 Å². The van der Waals surface area contributed by atoms with Crippen LogP contribution in [0.1, 0.15) is 29.8 Å². The number of carbonyl (C=O) groups is 3. The molecule has 6 nitrogen and oxygen atoms in total. The number of ether oxygens (including phenoxy) is 3. The Morgan fingerprint density at radius 3 is 2.20 bits per heavy atom. The Morgan fingerprint density at radius 2 is 1.68 bits per heavy atom. The lowest BCUT2D eigenvalue weighted by atomic mass is 10.1. The van der Waals surface area contributed by atoms with Crippen LogP contribution in [-0.2, 0) is 25.2 Å². The fourth-order valence-corrected chi connectivity index (χ4v) is 1.60. The van der Waals surface area contributed by atoms with E-state index < -0.39 is 35.4 Å². The van der Waals surface area contributed by atoms with Crippen LogP contribution in [-0.4, -0.2) is 31.1 Å². The molecule has 1 rings (SSSR count). The lowest BCUT2D eigenvalue weighted by molar-refractivity contribution is -0.142. The van der Waals surface area contributed by atoms with E-state index in [9.17, 15) is 27.6 Å². The first kappa shape index (κ1) is 20.2. The summed E-state index contributed by atoms with van der Waals surface area (Å²) in [5, 5.41) is 0. The first-order valence-corrected chi connectivity index (χ1v) is 6.91. The van der Waals surface area contributed by atoms with E-state index in [2.05, 4.69) is 11.3 Å². The molecule has 0 atom stereocenters. The van der Waals surface area contributed by atoms with Crippen LogP contribution in [0.3, 0.4) is 0 Å². The van der Waals surface area contributed by atoms with E-state index in [0.717, 1.165) is 19.1 Å². The third-order valence-electron chi connectivity index (χ3n) is 2.67. The number of carbonyl (C=O) groups excluding carboxylic acids is 3. The summed E-state index contributed by atoms with van der Waals surface area (Å²) in [4.78, 5) is 33.9. The molecule has 0 heterocycles. The predicted molar refractivity (Wildman–Crippen MR) is 78.8 cm³/mol. The minimum absolute atomic E-state index is 0.167. The zero-order valence-electron chi connectivity index (χ0n) is 13.4. The SMILES string of the molecule is C=C(C)C(=O)OCCOC(=O)c1ccc(C(F)(F)F)c(OC(C)=O)c1. The van der Waals surface area contributed by atoms with Gasteiger partial charge in [-0.25, -0.2) is 9.59 Å². The summed E-state index contributed by atoms with van der Waals surface area (Å²) in [6.45, 7) is 5.19. The summed E-state index contributed by atoms with van der Waals surface area (Å²) in [5.74, 6) is -3.40. The Labute approximate surface area is 141 Å². The highest BCUT2D eigenvalue weighted by Crippen LogP contribution is 2.36. The van der Waals surface area contributed by atoms with Gasteiger partial charge in [0, 0.05) is 12.5 Å². The summed E-state index contributed by atoms with van der Waals surface area (Å²) in [5.41, 5.74) is -1.29. The average Bonchev–Trinajstić information content (AvgIpc) is 2.49. The second-order valence-corrected chi connectivity index (χ2v) is 4.85. The van der Waals surface area contributed by atoms with Crippen molar-refractivity contribution in [2.45, 2.75) is 20.0 Å². The smallest absolute Gasteiger partial charge is 0.419 e. The topological polar surface area (TPSA) is 78.9 Å². The second kappa shape index (κ2) is 8.32. The van der Waals surface area contributed by atoms with Gasteiger partial charge in [0.1, 0.15) is 19.0 Å². The molecule has 0 bridgehead atoms. The molecule has 0 aliphatic carbocycles. The number of halogens is 3. The summed E-state index contributed by atoms with van der Waals surface area (Å²) in [7, 11) is 0. The first-order valence-electron chi connectivity index (χ1n) is 6.91. The summed E-state index contributed by atoms with van der Waals surface area (Å²) >= 11 is 0. The largest absolute Gasteiger partial charge is 0.459 e. The number of rotatable bonds is 6. The predicted octanol–water partition coefficient (Wildman–Crippen LogP) is 2.91. The molecular weight excluding hydrogens is 345 g/mol. The molecule has 0 aromatic heterocycles. The van der Waals surface area contributed by atoms with Gasteiger partial charge < -0.3 is 14.2 Å². The van der Waals surface area contributed by atoms with Gasteiger partial charge in [-0.2, -0.15) is 13.2 Å². The second-order valence-electron chi connectivity index (χ2n) is 4.85. The fourth-order valence-electron chi connectivity index (χ4n) is 1.60. The average molecular weight is 360 g/mol. The summed E-state index contributed by atoms with van der Waals surface area (Å²) in [6.07, 6.45) is -4.76. The molecule has 1 aromatic rings. The molecule has 0 radical (unpaired) electrons. The van der Waals surface area contributed by atoms with E-state index in [4.69, 9.17) is 9.47 Å². The van der Waals surface area contributed by atoms with Crippen molar-refractivity contribution < 1.29 is 41.8 Å². The normalized spacial score (nSPS) is 10.8. The van der Waals surface area contributed by atoms with Crippen LogP contribution in [0.5, 0.6) is 5.75 Å². The molecule has 0 saturated carbocycles. The van der Waals surface area contributed by atoms with Crippen molar-refractivity contribution >= 4 is 17.9 Å². The van der Waals surface area contributed by atoms with Crippen molar-refractivity contribution in [3.05, 3.63) is 41.5 Å². The van der Waals surface area contributed by atoms with Crippen molar-refractivity contribution in [1.82, 2.24) is 0 Å².